The molecule has 30 heavy (non-hydrogen) atoms. The van der Waals surface area contributed by atoms with Gasteiger partial charge in [-0.1, -0.05) is 75.6 Å². The first kappa shape index (κ1) is 20.5. The third kappa shape index (κ3) is 3.71. The van der Waals surface area contributed by atoms with Crippen molar-refractivity contribution < 1.29 is 14.7 Å². The van der Waals surface area contributed by atoms with Crippen molar-refractivity contribution in [3.05, 3.63) is 99.0 Å². The number of aliphatic hydroxyl groups is 1. The highest BCUT2D eigenvalue weighted by Gasteiger charge is 2.51. The van der Waals surface area contributed by atoms with Crippen LogP contribution in [0.1, 0.15) is 39.0 Å². The van der Waals surface area contributed by atoms with Gasteiger partial charge in [-0.05, 0) is 37.6 Å². The molecule has 1 heterocycles. The Labute approximate surface area is 184 Å². The highest BCUT2D eigenvalue weighted by molar-refractivity contribution is 9.10. The van der Waals surface area contributed by atoms with Crippen LogP contribution in [0.15, 0.2) is 71.2 Å². The van der Waals surface area contributed by atoms with E-state index in [1.807, 2.05) is 56.3 Å². The molecule has 1 atom stereocenters. The minimum absolute atomic E-state index is 0.269. The van der Waals surface area contributed by atoms with Gasteiger partial charge >= 0.3 is 0 Å². The molecule has 3 aromatic carbocycles. The van der Waals surface area contributed by atoms with Crippen LogP contribution in [0.3, 0.4) is 0 Å². The van der Waals surface area contributed by atoms with Crippen LogP contribution in [0, 0.1) is 13.8 Å². The Kier molecular flexibility index (Phi) is 5.35. The van der Waals surface area contributed by atoms with Crippen molar-refractivity contribution in [1.29, 1.82) is 0 Å². The molecule has 5 heteroatoms. The maximum atomic E-state index is 13.4. The highest BCUT2D eigenvalue weighted by atomic mass is 79.9. The second kappa shape index (κ2) is 7.82. The van der Waals surface area contributed by atoms with E-state index in [4.69, 9.17) is 0 Å². The van der Waals surface area contributed by atoms with E-state index in [1.165, 1.54) is 0 Å². The minimum Gasteiger partial charge on any atom is -0.375 e. The number of hydrogen-bond donors (Lipinski definition) is 1. The van der Waals surface area contributed by atoms with Gasteiger partial charge in [0.1, 0.15) is 0 Å². The third-order valence-electron chi connectivity index (χ3n) is 5.51. The summed E-state index contributed by atoms with van der Waals surface area (Å²) in [5.41, 5.74) is 2.77. The number of halogens is 1. The average Bonchev–Trinajstić information content (AvgIpc) is 2.90. The number of aryl methyl sites for hydroxylation is 2. The van der Waals surface area contributed by atoms with Crippen LogP contribution >= 0.6 is 15.9 Å². The molecule has 152 valence electrons. The van der Waals surface area contributed by atoms with Crippen molar-refractivity contribution in [2.45, 2.75) is 32.4 Å². The summed E-state index contributed by atoms with van der Waals surface area (Å²) < 4.78 is 0.743. The van der Waals surface area contributed by atoms with Crippen LogP contribution in [0.2, 0.25) is 0 Å². The van der Waals surface area contributed by atoms with Crippen molar-refractivity contribution in [1.82, 2.24) is 0 Å². The zero-order chi connectivity index (χ0) is 21.5. The first-order valence-corrected chi connectivity index (χ1v) is 10.6. The lowest BCUT2D eigenvalue weighted by molar-refractivity contribution is -0.136. The molecular formula is C25H22BrNO3. The van der Waals surface area contributed by atoms with Gasteiger partial charge < -0.3 is 10.0 Å². The van der Waals surface area contributed by atoms with E-state index in [1.54, 1.807) is 29.2 Å². The van der Waals surface area contributed by atoms with E-state index in [-0.39, 0.29) is 12.2 Å². The summed E-state index contributed by atoms with van der Waals surface area (Å²) in [4.78, 5) is 27.9. The van der Waals surface area contributed by atoms with Gasteiger partial charge in [-0.15, -0.1) is 0 Å². The molecule has 0 unspecified atom stereocenters. The number of nitrogens with zero attached hydrogens (tertiary/aromatic N) is 1. The number of hydrogen-bond acceptors (Lipinski definition) is 3. The van der Waals surface area contributed by atoms with Gasteiger partial charge in [0.15, 0.2) is 11.4 Å². The number of rotatable bonds is 5. The SMILES string of the molecule is Cc1ccc(C(=O)C[C@]2(O)C(=O)N(Cc3cccc(C)c3)c3ccc(Br)cc32)cc1. The lowest BCUT2D eigenvalue weighted by atomic mass is 9.88. The summed E-state index contributed by atoms with van der Waals surface area (Å²) >= 11 is 3.43. The van der Waals surface area contributed by atoms with E-state index >= 15 is 0 Å². The highest BCUT2D eigenvalue weighted by Crippen LogP contribution is 2.44. The second-order valence-corrected chi connectivity index (χ2v) is 8.78. The number of anilines is 1. The Hall–Kier alpha value is -2.76. The largest absolute Gasteiger partial charge is 0.375 e. The van der Waals surface area contributed by atoms with Crippen molar-refractivity contribution in [3.63, 3.8) is 0 Å². The van der Waals surface area contributed by atoms with Crippen molar-refractivity contribution in [3.8, 4) is 0 Å². The van der Waals surface area contributed by atoms with Crippen LogP contribution in [-0.4, -0.2) is 16.8 Å². The van der Waals surface area contributed by atoms with E-state index in [0.717, 1.165) is 21.2 Å². The van der Waals surface area contributed by atoms with Gasteiger partial charge in [0.05, 0.1) is 18.7 Å². The normalized spacial score (nSPS) is 17.9. The monoisotopic (exact) mass is 463 g/mol. The summed E-state index contributed by atoms with van der Waals surface area (Å²) in [6.07, 6.45) is -0.303. The Morgan fingerprint density at radius 2 is 1.73 bits per heavy atom. The third-order valence-corrected chi connectivity index (χ3v) is 6.00. The number of carbonyl (C=O) groups is 2. The first-order valence-electron chi connectivity index (χ1n) is 9.78. The zero-order valence-corrected chi connectivity index (χ0v) is 18.4. The predicted molar refractivity (Wildman–Crippen MR) is 121 cm³/mol. The van der Waals surface area contributed by atoms with Crippen LogP contribution in [0.5, 0.6) is 0 Å². The molecule has 1 aliphatic rings. The molecule has 0 saturated carbocycles. The molecule has 0 aliphatic carbocycles. The number of benzene rings is 3. The van der Waals surface area contributed by atoms with E-state index in [2.05, 4.69) is 15.9 Å². The van der Waals surface area contributed by atoms with Gasteiger partial charge in [-0.25, -0.2) is 0 Å². The standard InChI is InChI=1S/C25H22BrNO3/c1-16-6-8-19(9-7-16)23(28)14-25(30)21-13-20(26)10-11-22(21)27(24(25)29)15-18-5-3-4-17(2)12-18/h3-13,30H,14-15H2,1-2H3/t25-/m1/s1. The molecule has 1 N–H and O–H groups in total. The molecule has 0 saturated heterocycles. The predicted octanol–water partition coefficient (Wildman–Crippen LogP) is 5.07. The van der Waals surface area contributed by atoms with Crippen molar-refractivity contribution in [2.24, 2.45) is 0 Å². The summed E-state index contributed by atoms with van der Waals surface area (Å²) in [7, 11) is 0. The van der Waals surface area contributed by atoms with Crippen LogP contribution < -0.4 is 4.90 Å². The summed E-state index contributed by atoms with van der Waals surface area (Å²) in [6.45, 7) is 4.27. The molecule has 0 fully saturated rings. The van der Waals surface area contributed by atoms with Crippen LogP contribution in [-0.2, 0) is 16.9 Å². The number of amides is 1. The molecule has 4 rings (SSSR count). The fraction of sp³-hybridized carbons (Fsp3) is 0.200. The summed E-state index contributed by atoms with van der Waals surface area (Å²) in [5.74, 6) is -0.744. The van der Waals surface area contributed by atoms with Gasteiger partial charge in [0.25, 0.3) is 5.91 Å². The lowest BCUT2D eigenvalue weighted by Crippen LogP contribution is -2.41. The average molecular weight is 464 g/mol. The molecule has 1 aliphatic heterocycles. The Balaban J connectivity index is 1.71. The van der Waals surface area contributed by atoms with Gasteiger partial charge in [-0.2, -0.15) is 0 Å². The molecule has 0 radical (unpaired) electrons. The maximum Gasteiger partial charge on any atom is 0.264 e. The Morgan fingerprint density at radius 3 is 2.43 bits per heavy atom. The van der Waals surface area contributed by atoms with Gasteiger partial charge in [0, 0.05) is 15.6 Å². The number of Topliss-reactive ketones (excluding diaryl/α,β-unsaturated/α-hetero) is 1. The molecular weight excluding hydrogens is 442 g/mol. The number of carbonyl (C=O) groups excluding carboxylic acids is 2. The lowest BCUT2D eigenvalue weighted by Gasteiger charge is -2.23. The first-order chi connectivity index (χ1) is 14.3. The quantitative estimate of drug-likeness (QED) is 0.537. The fourth-order valence-electron chi connectivity index (χ4n) is 3.92. The second-order valence-electron chi connectivity index (χ2n) is 7.87. The smallest absolute Gasteiger partial charge is 0.264 e. The Morgan fingerprint density at radius 1 is 1.00 bits per heavy atom. The van der Waals surface area contributed by atoms with E-state index in [9.17, 15) is 14.7 Å². The molecule has 1 amide bonds. The summed E-state index contributed by atoms with van der Waals surface area (Å²) in [6, 6.07) is 20.4. The molecule has 0 bridgehead atoms. The topological polar surface area (TPSA) is 57.6 Å². The van der Waals surface area contributed by atoms with Gasteiger partial charge in [0.2, 0.25) is 0 Å². The zero-order valence-electron chi connectivity index (χ0n) is 16.9. The molecule has 0 aromatic heterocycles. The number of ketones is 1. The van der Waals surface area contributed by atoms with Crippen LogP contribution in [0.4, 0.5) is 5.69 Å². The van der Waals surface area contributed by atoms with Crippen LogP contribution in [0.25, 0.3) is 0 Å². The van der Waals surface area contributed by atoms with Crippen molar-refractivity contribution in [2.75, 3.05) is 4.90 Å². The molecule has 4 nitrogen and oxygen atoms in total. The van der Waals surface area contributed by atoms with Crippen molar-refractivity contribution >= 4 is 33.3 Å². The number of fused-ring (bicyclic) bond motifs is 1. The Bertz CT molecular complexity index is 1140. The summed E-state index contributed by atoms with van der Waals surface area (Å²) in [5, 5.41) is 11.5. The maximum absolute atomic E-state index is 13.4. The van der Waals surface area contributed by atoms with E-state index in [0.29, 0.717) is 23.4 Å². The molecule has 0 spiro atoms. The fourth-order valence-corrected chi connectivity index (χ4v) is 4.28. The van der Waals surface area contributed by atoms with E-state index < -0.39 is 11.5 Å². The van der Waals surface area contributed by atoms with Gasteiger partial charge in [-0.3, -0.25) is 9.59 Å². The minimum atomic E-state index is -1.90. The molecule has 3 aromatic rings.